The molecule has 394 valence electrons. The summed E-state index contributed by atoms with van der Waals surface area (Å²) in [5.74, 6) is 1.52. The number of amides is 2. The van der Waals surface area contributed by atoms with E-state index in [2.05, 4.69) is 51.1 Å². The van der Waals surface area contributed by atoms with Gasteiger partial charge in [0.25, 0.3) is 18.3 Å². The predicted octanol–water partition coefficient (Wildman–Crippen LogP) is 2.66. The molecule has 2 amide bonds. The number of guanidine groups is 2. The van der Waals surface area contributed by atoms with Crippen LogP contribution in [0.3, 0.4) is 0 Å². The van der Waals surface area contributed by atoms with Gasteiger partial charge in [0.15, 0.2) is 11.6 Å². The van der Waals surface area contributed by atoms with E-state index in [9.17, 15) is 18.4 Å². The Labute approximate surface area is 547 Å². The van der Waals surface area contributed by atoms with E-state index in [4.69, 9.17) is 41.8 Å². The normalized spacial score (nSPS) is 19.1. The minimum atomic E-state index is -0.510. The smallest absolute Gasteiger partial charge is 1.00 e. The Morgan fingerprint density at radius 2 is 1.13 bits per heavy atom. The number of hydrogen-bond donors (Lipinski definition) is 1. The number of thiol groups is 1. The van der Waals surface area contributed by atoms with Crippen molar-refractivity contribution < 1.29 is 138 Å². The van der Waals surface area contributed by atoms with Crippen molar-refractivity contribution in [3.8, 4) is 22.5 Å². The molecular formula is C53H57ClF2K2N12O5S2. The maximum Gasteiger partial charge on any atom is 1.00 e. The predicted molar refractivity (Wildman–Crippen MR) is 287 cm³/mol. The van der Waals surface area contributed by atoms with Gasteiger partial charge in [-0.15, -0.1) is 11.8 Å². The molecule has 2 aliphatic carbocycles. The van der Waals surface area contributed by atoms with Crippen LogP contribution >= 0.6 is 36.0 Å². The topological polar surface area (TPSA) is 183 Å². The average molecular weight is 1160 g/mol. The number of hydrogen-bond acceptors (Lipinski definition) is 15. The van der Waals surface area contributed by atoms with Gasteiger partial charge in [0.2, 0.25) is 23.8 Å². The number of fused-ring (bicyclic) bond motifs is 10. The molecule has 17 nitrogen and oxygen atoms in total. The summed E-state index contributed by atoms with van der Waals surface area (Å²) in [7, 11) is 3.56. The molecule has 0 spiro atoms. The Balaban J connectivity index is 0.000000215. The summed E-state index contributed by atoms with van der Waals surface area (Å²) in [5.41, 5.74) is 5.96. The second-order valence-corrected chi connectivity index (χ2v) is 22.3. The first-order chi connectivity index (χ1) is 36.1. The fourth-order valence-electron chi connectivity index (χ4n) is 10.2. The van der Waals surface area contributed by atoms with Crippen molar-refractivity contribution in [1.29, 1.82) is 0 Å². The number of carbonyl (C=O) groups excluding carboxylic acids is 3. The third-order valence-corrected chi connectivity index (χ3v) is 14.9. The standard InChI is InChI=1S/C26H27FN6OS.C23H20ClFN6O.C3H8S.CH2O3.2K.H/c1-15(2)35-25-22-23(33-20-8-4-7-19(20)29-26(33)31(3)24(22)34)30-32(25)14-16-10-12-17(13-11-16)18-6-5-9-21(27)28-18;1-29-22(32)19-20(24)30(28-21(19)31-17-6-2-5-16(17)27-23(29)31)12-13-8-10-14(11-9-13)15-4-3-7-18(25)26-15;1-3(2)4;2-1-4-3;;;/h5-6,9-13,15,19-20H,4,7-8,14H2,1-3H3;3-4,7-11,16-17H,2,5-6,12H2,1H3;3-4H,1-2H3;1,3H;;;/q;;;;2*+1;-1/p-1/t19-,20+;16-,17+;;;;;/m11...../s1. The third kappa shape index (κ3) is 13.2. The number of aliphatic imine (C=N–C) groups is 2. The monoisotopic (exact) mass is 1160 g/mol. The van der Waals surface area contributed by atoms with Gasteiger partial charge in [-0.05, 0) is 79.2 Å². The van der Waals surface area contributed by atoms with Crippen LogP contribution in [0.25, 0.3) is 22.5 Å². The van der Waals surface area contributed by atoms with Gasteiger partial charge >= 0.3 is 103 Å². The van der Waals surface area contributed by atoms with E-state index in [0.29, 0.717) is 63.0 Å². The van der Waals surface area contributed by atoms with Crippen molar-refractivity contribution in [2.24, 2.45) is 9.98 Å². The van der Waals surface area contributed by atoms with Crippen molar-refractivity contribution in [1.82, 2.24) is 39.3 Å². The van der Waals surface area contributed by atoms with E-state index in [1.54, 1.807) is 57.6 Å². The van der Waals surface area contributed by atoms with E-state index in [-0.39, 0.29) is 147 Å². The Morgan fingerprint density at radius 3 is 1.56 bits per heavy atom. The van der Waals surface area contributed by atoms with Crippen LogP contribution in [0.4, 0.5) is 20.4 Å². The van der Waals surface area contributed by atoms with Crippen molar-refractivity contribution in [3.05, 3.63) is 124 Å². The number of pyridine rings is 2. The summed E-state index contributed by atoms with van der Waals surface area (Å²) in [6.45, 7) is 9.08. The molecular weight excluding hydrogens is 1100 g/mol. The van der Waals surface area contributed by atoms with Crippen molar-refractivity contribution in [2.75, 3.05) is 23.9 Å². The molecule has 2 fully saturated rings. The van der Waals surface area contributed by atoms with E-state index in [1.807, 2.05) is 74.1 Å². The maximum absolute atomic E-state index is 13.5. The van der Waals surface area contributed by atoms with E-state index in [0.717, 1.165) is 77.6 Å². The number of rotatable bonds is 9. The van der Waals surface area contributed by atoms with E-state index in [1.165, 1.54) is 12.1 Å². The number of nitrogens with zero attached hydrogens (tertiary/aromatic N) is 12. The minimum absolute atomic E-state index is 0. The molecule has 6 aliphatic rings. The number of thioether (sulfide) groups is 1. The molecule has 6 aromatic rings. The number of halogens is 3. The van der Waals surface area contributed by atoms with Gasteiger partial charge in [-0.1, -0.05) is 100.0 Å². The molecule has 4 atom stereocenters. The molecule has 2 aromatic carbocycles. The number of anilines is 2. The van der Waals surface area contributed by atoms with Gasteiger partial charge < -0.3 is 11.6 Å². The Morgan fingerprint density at radius 1 is 0.714 bits per heavy atom. The van der Waals surface area contributed by atoms with Crippen LogP contribution < -0.4 is 118 Å². The van der Waals surface area contributed by atoms with Gasteiger partial charge in [0.1, 0.15) is 21.3 Å². The molecule has 0 saturated heterocycles. The van der Waals surface area contributed by atoms with Gasteiger partial charge in [-0.2, -0.15) is 31.6 Å². The maximum atomic E-state index is 13.5. The molecule has 0 unspecified atom stereocenters. The molecule has 0 radical (unpaired) electrons. The molecule has 77 heavy (non-hydrogen) atoms. The van der Waals surface area contributed by atoms with Crippen LogP contribution in [0.1, 0.15) is 99.5 Å². The molecule has 12 rings (SSSR count). The fraction of sp³-hybridized carbons (Fsp3) is 0.377. The van der Waals surface area contributed by atoms with Gasteiger partial charge in [0, 0.05) is 30.5 Å². The Bertz CT molecular complexity index is 3170. The van der Waals surface area contributed by atoms with Crippen molar-refractivity contribution in [3.63, 3.8) is 0 Å². The molecule has 4 aromatic heterocycles. The fourth-order valence-corrected chi connectivity index (χ4v) is 11.4. The molecule has 0 bridgehead atoms. The van der Waals surface area contributed by atoms with Gasteiger partial charge in [-0.25, -0.2) is 24.6 Å². The van der Waals surface area contributed by atoms with E-state index >= 15 is 0 Å². The summed E-state index contributed by atoms with van der Waals surface area (Å²) in [4.78, 5) is 62.9. The molecule has 0 N–H and O–H groups in total. The summed E-state index contributed by atoms with van der Waals surface area (Å²) >= 11 is 12.3. The summed E-state index contributed by atoms with van der Waals surface area (Å²) in [6, 6.07) is 26.0. The first-order valence-electron chi connectivity index (χ1n) is 24.7. The zero-order chi connectivity index (χ0) is 53.2. The number of benzene rings is 2. The number of carbonyl (C=O) groups is 3. The quantitative estimate of drug-likeness (QED) is 0.0426. The number of aromatic nitrogens is 6. The summed E-state index contributed by atoms with van der Waals surface area (Å²) in [6.07, 6.45) is 6.45. The Hall–Kier alpha value is -3.41. The molecule has 2 saturated carbocycles. The molecule has 4 aliphatic heterocycles. The van der Waals surface area contributed by atoms with Crippen molar-refractivity contribution >= 4 is 77.8 Å². The first-order valence-corrected chi connectivity index (χ1v) is 26.5. The van der Waals surface area contributed by atoms with Crippen LogP contribution in [-0.2, 0) is 22.8 Å². The second-order valence-electron chi connectivity index (χ2n) is 19.3. The molecule has 8 heterocycles. The van der Waals surface area contributed by atoms with Crippen LogP contribution in [0, 0.1) is 11.9 Å². The third-order valence-electron chi connectivity index (χ3n) is 13.4. The Kier molecular flexibility index (Phi) is 21.4. The average Bonchev–Trinajstić information content (AvgIpc) is 4.28. The van der Waals surface area contributed by atoms with Crippen molar-refractivity contribution in [2.45, 2.75) is 119 Å². The van der Waals surface area contributed by atoms with Crippen LogP contribution in [-0.4, -0.2) is 118 Å². The zero-order valence-corrected chi connectivity index (χ0v) is 52.9. The first kappa shape index (κ1) is 61.2. The molecule has 24 heteroatoms. The van der Waals surface area contributed by atoms with Gasteiger partial charge in [-0.3, -0.25) is 38.7 Å². The van der Waals surface area contributed by atoms with E-state index < -0.39 is 11.9 Å². The van der Waals surface area contributed by atoms with Crippen LogP contribution in [0.5, 0.6) is 0 Å². The minimum Gasteiger partial charge on any atom is -1.00 e. The largest absolute Gasteiger partial charge is 1.00 e. The zero-order valence-electron chi connectivity index (χ0n) is 45.2. The van der Waals surface area contributed by atoms with Gasteiger partial charge in [0.05, 0.1) is 48.6 Å². The second kappa shape index (κ2) is 26.9. The SMILES string of the molecule is CC(C)S.CC(C)Sc1c2c(nn1Cc1ccc(-c3cccc(F)n3)cc1)N1C(=N[C@@H]3CCC[C@@H]31)N(C)C2=O.CN1C(=O)c2c(nn(Cc3ccc(-c4cccc(F)n4)cc3)c2Cl)N2C1=N[C@@H]1CCC[C@@H]12.O=CO[O-].[H-].[K+].[K+]. The summed E-state index contributed by atoms with van der Waals surface area (Å²) < 4.78 is 30.6. The van der Waals surface area contributed by atoms with Crippen LogP contribution in [0.15, 0.2) is 99.9 Å². The summed E-state index contributed by atoms with van der Waals surface area (Å²) in [5, 5.41) is 20.2. The van der Waals surface area contributed by atoms with Crippen LogP contribution in [0.2, 0.25) is 5.15 Å².